The number of rotatable bonds is 23. The Kier molecular flexibility index (Phi) is 23.2. The summed E-state index contributed by atoms with van der Waals surface area (Å²) in [7, 11) is 0. The monoisotopic (exact) mass is 594 g/mol. The molecule has 0 atom stereocenters. The molecule has 0 spiro atoms. The molecular formula is C38H58O5. The molecule has 0 bridgehead atoms. The molecule has 0 aliphatic rings. The highest BCUT2D eigenvalue weighted by molar-refractivity contribution is 5.71. The Balaban J connectivity index is 0.000000465. The molecule has 0 amide bonds. The molecule has 240 valence electrons. The quantitative estimate of drug-likeness (QED) is 0.0583. The third kappa shape index (κ3) is 24.0. The van der Waals surface area contributed by atoms with Crippen LogP contribution in [0.15, 0.2) is 54.6 Å². The second-order valence-corrected chi connectivity index (χ2v) is 11.6. The first kappa shape index (κ1) is 37.8. The Bertz CT molecular complexity index is 989. The molecule has 0 aliphatic heterocycles. The van der Waals surface area contributed by atoms with E-state index in [-0.39, 0.29) is 17.2 Å². The predicted molar refractivity (Wildman–Crippen MR) is 182 cm³/mol. The lowest BCUT2D eigenvalue weighted by Gasteiger charge is -2.02. The van der Waals surface area contributed by atoms with Crippen LogP contribution in [0.3, 0.4) is 0 Å². The average molecular weight is 595 g/mol. The zero-order valence-electron chi connectivity index (χ0n) is 26.7. The molecule has 5 nitrogen and oxygen atoms in total. The van der Waals surface area contributed by atoms with Crippen molar-refractivity contribution in [2.24, 2.45) is 0 Å². The number of allylic oxidation sites excluding steroid dienone is 2. The van der Waals surface area contributed by atoms with Crippen molar-refractivity contribution < 1.29 is 25.2 Å². The minimum atomic E-state index is -0.654. The molecule has 2 rings (SSSR count). The van der Waals surface area contributed by atoms with E-state index in [1.54, 1.807) is 42.5 Å². The molecule has 0 aliphatic carbocycles. The number of carboxylic acid groups (broad SMARTS) is 1. The van der Waals surface area contributed by atoms with Gasteiger partial charge in [0.1, 0.15) is 17.2 Å². The number of aromatic hydroxyl groups is 3. The Morgan fingerprint density at radius 3 is 1.42 bits per heavy atom. The van der Waals surface area contributed by atoms with Gasteiger partial charge in [-0.3, -0.25) is 4.79 Å². The van der Waals surface area contributed by atoms with E-state index in [1.807, 2.05) is 6.08 Å². The maximum absolute atomic E-state index is 10.4. The van der Waals surface area contributed by atoms with Crippen LogP contribution >= 0.6 is 0 Å². The maximum Gasteiger partial charge on any atom is 0.303 e. The standard InChI is InChI=1S/C24H46O2.C14H12O3/c1-2-3-4-5-6-7-8-9-10-11-12-13-14-15-16-17-18-19-20-21-22-23-24(25)26;15-12-5-3-10(4-6-12)1-2-11-7-13(16)9-14(17)8-11/h9-10H,2-8,11-23H2,1H3,(H,25,26);1-9,15-17H/b10-9-;. The second kappa shape index (κ2) is 26.4. The Labute approximate surface area is 261 Å². The molecule has 0 radical (unpaired) electrons. The Hall–Kier alpha value is -3.21. The van der Waals surface area contributed by atoms with E-state index in [0.29, 0.717) is 12.0 Å². The number of aliphatic carboxylic acids is 1. The molecule has 0 fully saturated rings. The van der Waals surface area contributed by atoms with E-state index in [2.05, 4.69) is 19.1 Å². The van der Waals surface area contributed by atoms with Crippen LogP contribution in [-0.2, 0) is 4.79 Å². The van der Waals surface area contributed by atoms with Gasteiger partial charge in [-0.05, 0) is 67.5 Å². The normalized spacial score (nSPS) is 11.2. The van der Waals surface area contributed by atoms with E-state index in [9.17, 15) is 15.0 Å². The summed E-state index contributed by atoms with van der Waals surface area (Å²) in [6.45, 7) is 2.28. The lowest BCUT2D eigenvalue weighted by atomic mass is 10.0. The van der Waals surface area contributed by atoms with Gasteiger partial charge in [0.15, 0.2) is 0 Å². The Morgan fingerprint density at radius 2 is 0.953 bits per heavy atom. The highest BCUT2D eigenvalue weighted by atomic mass is 16.4. The highest BCUT2D eigenvalue weighted by Crippen LogP contribution is 2.22. The molecule has 4 N–H and O–H groups in total. The number of hydrogen-bond donors (Lipinski definition) is 4. The second-order valence-electron chi connectivity index (χ2n) is 11.6. The largest absolute Gasteiger partial charge is 0.508 e. The van der Waals surface area contributed by atoms with Crippen molar-refractivity contribution in [3.05, 3.63) is 65.7 Å². The van der Waals surface area contributed by atoms with E-state index >= 15 is 0 Å². The van der Waals surface area contributed by atoms with E-state index in [1.165, 1.54) is 115 Å². The first-order chi connectivity index (χ1) is 20.9. The van der Waals surface area contributed by atoms with Crippen molar-refractivity contribution >= 4 is 18.1 Å². The van der Waals surface area contributed by atoms with Crippen molar-refractivity contribution in [1.82, 2.24) is 0 Å². The number of benzene rings is 2. The van der Waals surface area contributed by atoms with Gasteiger partial charge in [-0.15, -0.1) is 0 Å². The summed E-state index contributed by atoms with van der Waals surface area (Å²) in [5.74, 6) is -0.388. The first-order valence-corrected chi connectivity index (χ1v) is 16.8. The van der Waals surface area contributed by atoms with Crippen molar-refractivity contribution in [3.63, 3.8) is 0 Å². The van der Waals surface area contributed by atoms with Gasteiger partial charge >= 0.3 is 5.97 Å². The first-order valence-electron chi connectivity index (χ1n) is 16.8. The highest BCUT2D eigenvalue weighted by Gasteiger charge is 1.98. The molecule has 0 heterocycles. The predicted octanol–water partition coefficient (Wildman–Crippen LogP) is 11.4. The van der Waals surface area contributed by atoms with E-state index in [0.717, 1.165) is 18.4 Å². The molecule has 5 heteroatoms. The SMILES string of the molecule is CCCCCCCC/C=C\CCCCCCCCCCCCCC(=O)O.Oc1ccc(C=Cc2cc(O)cc(O)c2)cc1. The summed E-state index contributed by atoms with van der Waals surface area (Å²) in [4.78, 5) is 10.4. The number of carbonyl (C=O) groups is 1. The fourth-order valence-corrected chi connectivity index (χ4v) is 4.90. The number of hydrogen-bond acceptors (Lipinski definition) is 4. The summed E-state index contributed by atoms with van der Waals surface area (Å²) in [6.07, 6.45) is 33.7. The van der Waals surface area contributed by atoms with Gasteiger partial charge in [0.05, 0.1) is 0 Å². The molecule has 0 saturated carbocycles. The van der Waals surface area contributed by atoms with Crippen LogP contribution in [0.25, 0.3) is 12.2 Å². The van der Waals surface area contributed by atoms with Gasteiger partial charge in [0, 0.05) is 12.5 Å². The van der Waals surface area contributed by atoms with E-state index < -0.39 is 5.97 Å². The maximum atomic E-state index is 10.4. The van der Waals surface area contributed by atoms with Crippen LogP contribution in [0.1, 0.15) is 146 Å². The third-order valence-corrected chi connectivity index (χ3v) is 7.44. The number of phenols is 3. The van der Waals surface area contributed by atoms with Crippen LogP contribution in [0.4, 0.5) is 0 Å². The molecule has 0 saturated heterocycles. The fourth-order valence-electron chi connectivity index (χ4n) is 4.90. The minimum absolute atomic E-state index is 0.0235. The average Bonchev–Trinajstić information content (AvgIpc) is 2.97. The summed E-state index contributed by atoms with van der Waals surface area (Å²) < 4.78 is 0. The fraction of sp³-hybridized carbons (Fsp3) is 0.553. The van der Waals surface area contributed by atoms with Crippen LogP contribution in [0, 0.1) is 0 Å². The van der Waals surface area contributed by atoms with Gasteiger partial charge in [0.25, 0.3) is 0 Å². The van der Waals surface area contributed by atoms with Crippen molar-refractivity contribution in [1.29, 1.82) is 0 Å². The van der Waals surface area contributed by atoms with Crippen molar-refractivity contribution in [3.8, 4) is 17.2 Å². The van der Waals surface area contributed by atoms with Crippen LogP contribution in [-0.4, -0.2) is 26.4 Å². The minimum Gasteiger partial charge on any atom is -0.508 e. The summed E-state index contributed by atoms with van der Waals surface area (Å²) in [5, 5.41) is 36.3. The van der Waals surface area contributed by atoms with Gasteiger partial charge < -0.3 is 20.4 Å². The number of unbranched alkanes of at least 4 members (excludes halogenated alkanes) is 17. The molecule has 0 unspecified atom stereocenters. The lowest BCUT2D eigenvalue weighted by molar-refractivity contribution is -0.137. The summed E-state index contributed by atoms with van der Waals surface area (Å²) in [6, 6.07) is 11.1. The molecular weight excluding hydrogens is 536 g/mol. The van der Waals surface area contributed by atoms with Crippen LogP contribution in [0.5, 0.6) is 17.2 Å². The number of carboxylic acids is 1. The summed E-state index contributed by atoms with van der Waals surface area (Å²) >= 11 is 0. The van der Waals surface area contributed by atoms with Gasteiger partial charge in [-0.1, -0.05) is 133 Å². The van der Waals surface area contributed by atoms with Crippen molar-refractivity contribution in [2.45, 2.75) is 135 Å². The zero-order chi connectivity index (χ0) is 31.4. The van der Waals surface area contributed by atoms with Crippen LogP contribution < -0.4 is 0 Å². The zero-order valence-corrected chi connectivity index (χ0v) is 26.7. The van der Waals surface area contributed by atoms with Crippen LogP contribution in [0.2, 0.25) is 0 Å². The molecule has 0 aromatic heterocycles. The number of phenolic OH excluding ortho intramolecular Hbond substituents is 3. The van der Waals surface area contributed by atoms with Gasteiger partial charge in [-0.25, -0.2) is 0 Å². The smallest absolute Gasteiger partial charge is 0.303 e. The molecule has 2 aromatic rings. The molecule has 2 aromatic carbocycles. The third-order valence-electron chi connectivity index (χ3n) is 7.44. The lowest BCUT2D eigenvalue weighted by Crippen LogP contribution is -1.93. The van der Waals surface area contributed by atoms with Crippen molar-refractivity contribution in [2.75, 3.05) is 0 Å². The Morgan fingerprint density at radius 1 is 0.535 bits per heavy atom. The van der Waals surface area contributed by atoms with Gasteiger partial charge in [-0.2, -0.15) is 0 Å². The molecule has 43 heavy (non-hydrogen) atoms. The summed E-state index contributed by atoms with van der Waals surface area (Å²) in [5.41, 5.74) is 1.63. The van der Waals surface area contributed by atoms with Gasteiger partial charge in [0.2, 0.25) is 0 Å². The topological polar surface area (TPSA) is 98.0 Å². The van der Waals surface area contributed by atoms with E-state index in [4.69, 9.17) is 10.2 Å².